The number of amides is 2. The quantitative estimate of drug-likeness (QED) is 0.535. The monoisotopic (exact) mass is 440 g/mol. The summed E-state index contributed by atoms with van der Waals surface area (Å²) in [5.74, 6) is 0.929. The third-order valence-electron chi connectivity index (χ3n) is 6.63. The molecule has 2 heterocycles. The van der Waals surface area contributed by atoms with Crippen LogP contribution < -0.4 is 14.5 Å². The van der Waals surface area contributed by atoms with Crippen molar-refractivity contribution in [3.8, 4) is 5.75 Å². The van der Waals surface area contributed by atoms with Gasteiger partial charge in [0, 0.05) is 35.8 Å². The normalized spacial score (nSPS) is 18.8. The minimum Gasteiger partial charge on any atom is -0.493 e. The second-order valence-electron chi connectivity index (χ2n) is 8.71. The van der Waals surface area contributed by atoms with Crippen molar-refractivity contribution in [3.05, 3.63) is 89.5 Å². The fourth-order valence-corrected chi connectivity index (χ4v) is 5.05. The number of hydrogen-bond donors (Lipinski definition) is 0. The lowest BCUT2D eigenvalue weighted by Gasteiger charge is -2.43. The van der Waals surface area contributed by atoms with Gasteiger partial charge in [-0.05, 0) is 60.9 Å². The molecule has 168 valence electrons. The maximum absolute atomic E-state index is 13.7. The first-order chi connectivity index (χ1) is 16.1. The number of carbonyl (C=O) groups is 2. The smallest absolute Gasteiger partial charge is 0.258 e. The van der Waals surface area contributed by atoms with Crippen molar-refractivity contribution in [2.45, 2.75) is 45.2 Å². The number of fused-ring (bicyclic) bond motifs is 2. The van der Waals surface area contributed by atoms with E-state index in [1.54, 1.807) is 0 Å². The topological polar surface area (TPSA) is 49.9 Å². The van der Waals surface area contributed by atoms with E-state index in [0.29, 0.717) is 25.0 Å². The van der Waals surface area contributed by atoms with E-state index in [1.165, 1.54) is 0 Å². The first kappa shape index (κ1) is 21.3. The fourth-order valence-electron chi connectivity index (χ4n) is 5.05. The molecule has 0 aliphatic carbocycles. The Morgan fingerprint density at radius 3 is 2.58 bits per heavy atom. The summed E-state index contributed by atoms with van der Waals surface area (Å²) in [5.41, 5.74) is 4.51. The summed E-state index contributed by atoms with van der Waals surface area (Å²) < 4.78 is 5.61. The highest BCUT2D eigenvalue weighted by Gasteiger charge is 2.38. The summed E-state index contributed by atoms with van der Waals surface area (Å²) in [6, 6.07) is 23.3. The third-order valence-corrected chi connectivity index (χ3v) is 6.63. The Kier molecular flexibility index (Phi) is 5.63. The van der Waals surface area contributed by atoms with Crippen LogP contribution in [0.2, 0.25) is 0 Å². The molecule has 5 heteroatoms. The highest BCUT2D eigenvalue weighted by atomic mass is 16.5. The van der Waals surface area contributed by atoms with Crippen molar-refractivity contribution in [2.24, 2.45) is 0 Å². The highest BCUT2D eigenvalue weighted by Crippen LogP contribution is 2.43. The molecular weight excluding hydrogens is 412 g/mol. The molecule has 5 nitrogen and oxygen atoms in total. The third kappa shape index (κ3) is 3.78. The van der Waals surface area contributed by atoms with Gasteiger partial charge in [-0.25, -0.2) is 0 Å². The van der Waals surface area contributed by atoms with Crippen LogP contribution in [0.5, 0.6) is 5.75 Å². The van der Waals surface area contributed by atoms with Crippen molar-refractivity contribution in [3.63, 3.8) is 0 Å². The van der Waals surface area contributed by atoms with E-state index in [2.05, 4.69) is 6.92 Å². The van der Waals surface area contributed by atoms with Gasteiger partial charge in [0.2, 0.25) is 5.91 Å². The molecule has 2 amide bonds. The van der Waals surface area contributed by atoms with Gasteiger partial charge in [-0.15, -0.1) is 0 Å². The average Bonchev–Trinajstić information content (AvgIpc) is 3.32. The van der Waals surface area contributed by atoms with E-state index < -0.39 is 0 Å². The first-order valence-electron chi connectivity index (χ1n) is 11.6. The van der Waals surface area contributed by atoms with E-state index in [0.717, 1.165) is 34.7 Å². The largest absolute Gasteiger partial charge is 0.493 e. The second-order valence-corrected chi connectivity index (χ2v) is 8.71. The summed E-state index contributed by atoms with van der Waals surface area (Å²) in [5, 5.41) is 0. The number of carbonyl (C=O) groups excluding carboxylic acids is 2. The number of nitrogens with zero attached hydrogens (tertiary/aromatic N) is 2. The minimum atomic E-state index is -0.136. The highest BCUT2D eigenvalue weighted by molar-refractivity contribution is 6.08. The van der Waals surface area contributed by atoms with Crippen molar-refractivity contribution in [1.29, 1.82) is 0 Å². The Labute approximate surface area is 194 Å². The summed E-state index contributed by atoms with van der Waals surface area (Å²) in [6.45, 7) is 4.62. The van der Waals surface area contributed by atoms with Gasteiger partial charge in [-0.1, -0.05) is 43.3 Å². The summed E-state index contributed by atoms with van der Waals surface area (Å²) in [7, 11) is 0. The molecule has 0 fully saturated rings. The van der Waals surface area contributed by atoms with E-state index in [-0.39, 0.29) is 23.9 Å². The van der Waals surface area contributed by atoms with Gasteiger partial charge in [0.25, 0.3) is 5.91 Å². The molecule has 3 aromatic rings. The summed E-state index contributed by atoms with van der Waals surface area (Å²) >= 11 is 0. The lowest BCUT2D eigenvalue weighted by Crippen LogP contribution is -2.47. The molecule has 0 saturated heterocycles. The molecule has 0 bridgehead atoms. The molecule has 0 spiro atoms. The molecule has 0 aromatic heterocycles. The first-order valence-corrected chi connectivity index (χ1v) is 11.6. The maximum Gasteiger partial charge on any atom is 0.258 e. The zero-order valence-corrected chi connectivity index (χ0v) is 19.0. The molecule has 0 radical (unpaired) electrons. The average molecular weight is 441 g/mol. The van der Waals surface area contributed by atoms with Crippen LogP contribution in [0.25, 0.3) is 0 Å². The zero-order valence-electron chi connectivity index (χ0n) is 19.0. The van der Waals surface area contributed by atoms with Crippen LogP contribution in [0, 0.1) is 0 Å². The molecule has 2 unspecified atom stereocenters. The van der Waals surface area contributed by atoms with Crippen LogP contribution in [0.3, 0.4) is 0 Å². The fraction of sp³-hybridized carbons (Fsp3) is 0.286. The van der Waals surface area contributed by atoms with Crippen LogP contribution in [0.4, 0.5) is 11.4 Å². The number of anilines is 2. The van der Waals surface area contributed by atoms with E-state index in [1.807, 2.05) is 89.5 Å². The van der Waals surface area contributed by atoms with Gasteiger partial charge in [0.05, 0.1) is 12.6 Å². The maximum atomic E-state index is 13.7. The summed E-state index contributed by atoms with van der Waals surface area (Å²) in [4.78, 5) is 30.6. The number of hydrogen-bond acceptors (Lipinski definition) is 3. The number of para-hydroxylation sites is 2. The zero-order chi connectivity index (χ0) is 22.9. The Balaban J connectivity index is 1.55. The predicted octanol–water partition coefficient (Wildman–Crippen LogP) is 5.54. The number of benzene rings is 3. The van der Waals surface area contributed by atoms with Crippen LogP contribution in [-0.4, -0.2) is 24.5 Å². The van der Waals surface area contributed by atoms with E-state index >= 15 is 0 Å². The van der Waals surface area contributed by atoms with Gasteiger partial charge < -0.3 is 14.5 Å². The molecule has 3 aromatic carbocycles. The SMILES string of the molecule is CCC(=O)N(c1ccccc1)C1CC(C)N(C(=O)c2ccc3c(c2)CCO3)c2ccccc21. The lowest BCUT2D eigenvalue weighted by atomic mass is 9.89. The Hall–Kier alpha value is -3.60. The Bertz CT molecular complexity index is 1190. The lowest BCUT2D eigenvalue weighted by molar-refractivity contribution is -0.118. The van der Waals surface area contributed by atoms with Crippen molar-refractivity contribution in [2.75, 3.05) is 16.4 Å². The molecule has 0 saturated carbocycles. The minimum absolute atomic E-state index is 0.0174. The van der Waals surface area contributed by atoms with Crippen molar-refractivity contribution >= 4 is 23.2 Å². The molecule has 2 aliphatic heterocycles. The summed E-state index contributed by atoms with van der Waals surface area (Å²) in [6.07, 6.45) is 1.91. The molecule has 0 N–H and O–H groups in total. The molecule has 2 aliphatic rings. The van der Waals surface area contributed by atoms with Crippen molar-refractivity contribution < 1.29 is 14.3 Å². The van der Waals surface area contributed by atoms with Crippen LogP contribution in [0.1, 0.15) is 54.2 Å². The van der Waals surface area contributed by atoms with Crippen LogP contribution >= 0.6 is 0 Å². The van der Waals surface area contributed by atoms with Gasteiger partial charge in [0.15, 0.2) is 0 Å². The van der Waals surface area contributed by atoms with E-state index in [9.17, 15) is 9.59 Å². The standard InChI is InChI=1S/C28H28N2O3/c1-3-27(31)30(22-9-5-4-6-10-22)25-17-19(2)29(24-12-8-7-11-23(24)25)28(32)21-13-14-26-20(18-21)15-16-33-26/h4-14,18-19,25H,3,15-17H2,1-2H3. The Morgan fingerprint density at radius 2 is 1.79 bits per heavy atom. The van der Waals surface area contributed by atoms with Crippen LogP contribution in [-0.2, 0) is 11.2 Å². The van der Waals surface area contributed by atoms with Gasteiger partial charge in [0.1, 0.15) is 5.75 Å². The molecular formula is C28H28N2O3. The van der Waals surface area contributed by atoms with E-state index in [4.69, 9.17) is 4.74 Å². The van der Waals surface area contributed by atoms with Crippen molar-refractivity contribution in [1.82, 2.24) is 0 Å². The van der Waals surface area contributed by atoms with Gasteiger partial charge in [-0.3, -0.25) is 9.59 Å². The van der Waals surface area contributed by atoms with Crippen LogP contribution in [0.15, 0.2) is 72.8 Å². The Morgan fingerprint density at radius 1 is 1.03 bits per heavy atom. The molecule has 5 rings (SSSR count). The van der Waals surface area contributed by atoms with Gasteiger partial charge >= 0.3 is 0 Å². The number of rotatable bonds is 4. The predicted molar refractivity (Wildman–Crippen MR) is 130 cm³/mol. The van der Waals surface area contributed by atoms with Gasteiger partial charge in [-0.2, -0.15) is 0 Å². The second kappa shape index (κ2) is 8.74. The molecule has 2 atom stereocenters. The number of ether oxygens (including phenoxy) is 1. The molecule has 33 heavy (non-hydrogen) atoms.